The van der Waals surface area contributed by atoms with E-state index < -0.39 is 16.1 Å². The number of hydrogen-bond donors (Lipinski definition) is 2. The summed E-state index contributed by atoms with van der Waals surface area (Å²) in [4.78, 5) is 11.8. The molecule has 0 saturated carbocycles. The lowest BCUT2D eigenvalue weighted by molar-refractivity contribution is 0.246. The van der Waals surface area contributed by atoms with E-state index in [0.29, 0.717) is 29.5 Å². The Hall–Kier alpha value is -2.45. The molecule has 0 saturated heterocycles. The van der Waals surface area contributed by atoms with Crippen molar-refractivity contribution in [2.45, 2.75) is 18.2 Å². The minimum atomic E-state index is -3.95. The van der Waals surface area contributed by atoms with Gasteiger partial charge in [-0.3, -0.25) is 0 Å². The third kappa shape index (κ3) is 6.04. The van der Waals surface area contributed by atoms with Gasteiger partial charge in [0.2, 0.25) is 0 Å². The van der Waals surface area contributed by atoms with Crippen LogP contribution in [-0.2, 0) is 16.4 Å². The lowest BCUT2D eigenvalue weighted by atomic mass is 10.1. The molecule has 2 aromatic carbocycles. The molecule has 0 aliphatic rings. The van der Waals surface area contributed by atoms with Crippen molar-refractivity contribution < 1.29 is 22.7 Å². The number of halogens is 1. The molecule has 0 heterocycles. The second kappa shape index (κ2) is 9.48. The predicted molar refractivity (Wildman–Crippen MR) is 103 cm³/mol. The van der Waals surface area contributed by atoms with Crippen LogP contribution in [0.3, 0.4) is 0 Å². The Bertz CT molecular complexity index is 885. The molecule has 0 bridgehead atoms. The number of ether oxygens (including phenoxy) is 2. The molecule has 0 aliphatic carbocycles. The summed E-state index contributed by atoms with van der Waals surface area (Å²) in [7, 11) is -2.40. The number of carbonyl (C=O) groups excluding carboxylic acids is 1. The van der Waals surface area contributed by atoms with Crippen molar-refractivity contribution in [1.82, 2.24) is 10.0 Å². The van der Waals surface area contributed by atoms with Crippen LogP contribution in [0.5, 0.6) is 11.5 Å². The highest BCUT2D eigenvalue weighted by atomic mass is 35.5. The first-order chi connectivity index (χ1) is 12.9. The summed E-state index contributed by atoms with van der Waals surface area (Å²) in [6.45, 7) is 2.66. The summed E-state index contributed by atoms with van der Waals surface area (Å²) in [6.07, 6.45) is 0.497. The average molecular weight is 413 g/mol. The fourth-order valence-electron chi connectivity index (χ4n) is 2.29. The summed E-state index contributed by atoms with van der Waals surface area (Å²) in [6, 6.07) is 10.2. The molecule has 27 heavy (non-hydrogen) atoms. The molecular weight excluding hydrogens is 392 g/mol. The number of urea groups is 1. The summed E-state index contributed by atoms with van der Waals surface area (Å²) in [5, 5.41) is 2.92. The number of nitrogens with one attached hydrogen (secondary N) is 2. The molecule has 2 amide bonds. The van der Waals surface area contributed by atoms with Crippen molar-refractivity contribution in [2.24, 2.45) is 0 Å². The van der Waals surface area contributed by atoms with Crippen LogP contribution in [0.1, 0.15) is 12.5 Å². The van der Waals surface area contributed by atoms with Crippen molar-refractivity contribution in [3.63, 3.8) is 0 Å². The van der Waals surface area contributed by atoms with Gasteiger partial charge in [0.15, 0.2) is 11.5 Å². The fraction of sp³-hybridized carbons (Fsp3) is 0.278. The molecule has 0 unspecified atom stereocenters. The lowest BCUT2D eigenvalue weighted by Gasteiger charge is -2.12. The largest absolute Gasteiger partial charge is 0.493 e. The number of rotatable bonds is 8. The number of sulfonamides is 1. The van der Waals surface area contributed by atoms with Crippen LogP contribution in [0.4, 0.5) is 4.79 Å². The molecule has 0 spiro atoms. The summed E-state index contributed by atoms with van der Waals surface area (Å²) in [5.74, 6) is 1.24. The first-order valence-corrected chi connectivity index (χ1v) is 10.1. The predicted octanol–water partition coefficient (Wildman–Crippen LogP) is 2.98. The van der Waals surface area contributed by atoms with Gasteiger partial charge in [0.05, 0.1) is 18.6 Å². The molecular formula is C18H21ClN2O5S. The van der Waals surface area contributed by atoms with Crippen molar-refractivity contribution >= 4 is 27.7 Å². The third-order valence-electron chi connectivity index (χ3n) is 3.58. The van der Waals surface area contributed by atoms with Crippen molar-refractivity contribution in [3.05, 3.63) is 53.1 Å². The lowest BCUT2D eigenvalue weighted by Crippen LogP contribution is -2.40. The number of carbonyl (C=O) groups is 1. The first kappa shape index (κ1) is 20.9. The van der Waals surface area contributed by atoms with Gasteiger partial charge in [0, 0.05) is 11.6 Å². The number of methoxy groups -OCH3 is 1. The SMILES string of the molecule is CCOc1ccc(CCNC(=O)NS(=O)(=O)c2ccc(Cl)cc2)cc1OC. The van der Waals surface area contributed by atoms with Gasteiger partial charge in [-0.2, -0.15) is 0 Å². The molecule has 2 aromatic rings. The van der Waals surface area contributed by atoms with Crippen LogP contribution in [0.2, 0.25) is 5.02 Å². The molecule has 146 valence electrons. The third-order valence-corrected chi connectivity index (χ3v) is 5.18. The van der Waals surface area contributed by atoms with Gasteiger partial charge >= 0.3 is 6.03 Å². The quantitative estimate of drug-likeness (QED) is 0.695. The maximum absolute atomic E-state index is 12.1. The standard InChI is InChI=1S/C18H21ClN2O5S/c1-3-26-16-9-4-13(12-17(16)25-2)10-11-20-18(22)21-27(23,24)15-7-5-14(19)6-8-15/h4-9,12H,3,10-11H2,1-2H3,(H2,20,21,22). The molecule has 0 atom stereocenters. The van der Waals surface area contributed by atoms with Crippen LogP contribution in [0, 0.1) is 0 Å². The second-order valence-corrected chi connectivity index (χ2v) is 7.60. The van der Waals surface area contributed by atoms with Gasteiger partial charge in [0.1, 0.15) is 0 Å². The van der Waals surface area contributed by atoms with E-state index in [4.69, 9.17) is 21.1 Å². The Labute approximate surface area is 163 Å². The molecule has 0 aromatic heterocycles. The van der Waals surface area contributed by atoms with E-state index in [1.54, 1.807) is 13.2 Å². The van der Waals surface area contributed by atoms with Gasteiger partial charge in [-0.15, -0.1) is 0 Å². The van der Waals surface area contributed by atoms with Gasteiger partial charge in [-0.25, -0.2) is 17.9 Å². The molecule has 2 rings (SSSR count). The Balaban J connectivity index is 1.89. The second-order valence-electron chi connectivity index (χ2n) is 5.48. The van der Waals surface area contributed by atoms with Crippen molar-refractivity contribution in [2.75, 3.05) is 20.3 Å². The van der Waals surface area contributed by atoms with Crippen LogP contribution in [-0.4, -0.2) is 34.7 Å². The van der Waals surface area contributed by atoms with Gasteiger partial charge in [0.25, 0.3) is 10.0 Å². The zero-order valence-electron chi connectivity index (χ0n) is 15.0. The van der Waals surface area contributed by atoms with Crippen molar-refractivity contribution in [3.8, 4) is 11.5 Å². The minimum Gasteiger partial charge on any atom is -0.493 e. The average Bonchev–Trinajstić information content (AvgIpc) is 2.63. The van der Waals surface area contributed by atoms with E-state index in [0.717, 1.165) is 5.56 Å². The van der Waals surface area contributed by atoms with E-state index in [2.05, 4.69) is 5.32 Å². The van der Waals surface area contributed by atoms with Gasteiger partial charge in [-0.1, -0.05) is 17.7 Å². The maximum Gasteiger partial charge on any atom is 0.328 e. The van der Waals surface area contributed by atoms with Crippen molar-refractivity contribution in [1.29, 1.82) is 0 Å². The summed E-state index contributed by atoms with van der Waals surface area (Å²) in [5.41, 5.74) is 0.913. The molecule has 7 nitrogen and oxygen atoms in total. The number of benzene rings is 2. The van der Waals surface area contributed by atoms with Crippen LogP contribution < -0.4 is 19.5 Å². The fourth-order valence-corrected chi connectivity index (χ4v) is 3.35. The normalized spacial score (nSPS) is 10.9. The summed E-state index contributed by atoms with van der Waals surface area (Å²) < 4.78 is 36.9. The van der Waals surface area contributed by atoms with E-state index in [1.807, 2.05) is 23.8 Å². The first-order valence-electron chi connectivity index (χ1n) is 8.21. The summed E-state index contributed by atoms with van der Waals surface area (Å²) >= 11 is 5.73. The monoisotopic (exact) mass is 412 g/mol. The molecule has 2 N–H and O–H groups in total. The Morgan fingerprint density at radius 1 is 1.11 bits per heavy atom. The number of hydrogen-bond acceptors (Lipinski definition) is 5. The van der Waals surface area contributed by atoms with E-state index >= 15 is 0 Å². The highest BCUT2D eigenvalue weighted by molar-refractivity contribution is 7.90. The molecule has 0 radical (unpaired) electrons. The number of amides is 2. The van der Waals surface area contributed by atoms with Gasteiger partial charge < -0.3 is 14.8 Å². The molecule has 0 aliphatic heterocycles. The van der Waals surface area contributed by atoms with Crippen LogP contribution >= 0.6 is 11.6 Å². The van der Waals surface area contributed by atoms with Crippen LogP contribution in [0.15, 0.2) is 47.4 Å². The van der Waals surface area contributed by atoms with E-state index in [1.165, 1.54) is 24.3 Å². The minimum absolute atomic E-state index is 0.0432. The van der Waals surface area contributed by atoms with Gasteiger partial charge in [-0.05, 0) is 55.3 Å². The smallest absolute Gasteiger partial charge is 0.328 e. The Morgan fingerprint density at radius 3 is 2.44 bits per heavy atom. The highest BCUT2D eigenvalue weighted by Crippen LogP contribution is 2.28. The highest BCUT2D eigenvalue weighted by Gasteiger charge is 2.17. The zero-order chi connectivity index (χ0) is 19.9. The van der Waals surface area contributed by atoms with E-state index in [-0.39, 0.29) is 11.4 Å². The Kier molecular flexibility index (Phi) is 7.32. The maximum atomic E-state index is 12.1. The topological polar surface area (TPSA) is 93.7 Å². The molecule has 0 fully saturated rings. The Morgan fingerprint density at radius 2 is 1.81 bits per heavy atom. The van der Waals surface area contributed by atoms with Crippen LogP contribution in [0.25, 0.3) is 0 Å². The molecule has 9 heteroatoms. The zero-order valence-corrected chi connectivity index (χ0v) is 16.6. The van der Waals surface area contributed by atoms with E-state index in [9.17, 15) is 13.2 Å².